The van der Waals surface area contributed by atoms with Crippen molar-refractivity contribution in [3.8, 4) is 11.3 Å². The van der Waals surface area contributed by atoms with Gasteiger partial charge in [0.2, 0.25) is 0 Å². The standard InChI is InChI=1S/C18H17NO2/c1-11-7-8-16-14(9-11)15(10-17(20)21)18(19-16)13-6-4-3-5-12(13)2/h3-9,19H,10H2,1-2H3,(H,20,21). The molecular formula is C18H17NO2. The van der Waals surface area contributed by atoms with Crippen molar-refractivity contribution in [1.29, 1.82) is 0 Å². The number of carboxylic acids is 1. The summed E-state index contributed by atoms with van der Waals surface area (Å²) in [5.41, 5.74) is 6.07. The summed E-state index contributed by atoms with van der Waals surface area (Å²) >= 11 is 0. The average Bonchev–Trinajstić information content (AvgIpc) is 2.77. The van der Waals surface area contributed by atoms with E-state index in [1.165, 1.54) is 0 Å². The van der Waals surface area contributed by atoms with Crippen LogP contribution < -0.4 is 0 Å². The fourth-order valence-corrected chi connectivity index (χ4v) is 2.78. The Morgan fingerprint density at radius 2 is 1.90 bits per heavy atom. The summed E-state index contributed by atoms with van der Waals surface area (Å²) in [4.78, 5) is 14.6. The summed E-state index contributed by atoms with van der Waals surface area (Å²) in [5, 5.41) is 10.2. The van der Waals surface area contributed by atoms with E-state index in [1.54, 1.807) is 0 Å². The number of aliphatic carboxylic acids is 1. The van der Waals surface area contributed by atoms with Crippen molar-refractivity contribution in [2.45, 2.75) is 20.3 Å². The van der Waals surface area contributed by atoms with Gasteiger partial charge in [-0.15, -0.1) is 0 Å². The number of carboxylic acid groups (broad SMARTS) is 1. The second-order valence-electron chi connectivity index (χ2n) is 5.41. The molecule has 21 heavy (non-hydrogen) atoms. The molecule has 3 aromatic rings. The van der Waals surface area contributed by atoms with E-state index < -0.39 is 5.97 Å². The van der Waals surface area contributed by atoms with Crippen LogP contribution in [0.1, 0.15) is 16.7 Å². The summed E-state index contributed by atoms with van der Waals surface area (Å²) in [6.45, 7) is 4.06. The van der Waals surface area contributed by atoms with Crippen molar-refractivity contribution >= 4 is 16.9 Å². The summed E-state index contributed by atoms with van der Waals surface area (Å²) in [7, 11) is 0. The fraction of sp³-hybridized carbons (Fsp3) is 0.167. The van der Waals surface area contributed by atoms with Gasteiger partial charge in [-0.25, -0.2) is 0 Å². The van der Waals surface area contributed by atoms with Gasteiger partial charge >= 0.3 is 5.97 Å². The summed E-state index contributed by atoms with van der Waals surface area (Å²) in [5.74, 6) is -0.813. The van der Waals surface area contributed by atoms with Crippen molar-refractivity contribution < 1.29 is 9.90 Å². The molecule has 0 aliphatic carbocycles. The van der Waals surface area contributed by atoms with Crippen LogP contribution in [0.4, 0.5) is 0 Å². The molecule has 106 valence electrons. The zero-order valence-corrected chi connectivity index (χ0v) is 12.1. The van der Waals surface area contributed by atoms with Crippen LogP contribution >= 0.6 is 0 Å². The Kier molecular flexibility index (Phi) is 3.26. The number of aryl methyl sites for hydroxylation is 2. The van der Waals surface area contributed by atoms with E-state index in [4.69, 9.17) is 0 Å². The van der Waals surface area contributed by atoms with Gasteiger partial charge in [0.15, 0.2) is 0 Å². The SMILES string of the molecule is Cc1ccc2[nH]c(-c3ccccc3C)c(CC(=O)O)c2c1. The third-order valence-electron chi connectivity index (χ3n) is 3.80. The number of hydrogen-bond acceptors (Lipinski definition) is 1. The van der Waals surface area contributed by atoms with Gasteiger partial charge in [0, 0.05) is 16.5 Å². The maximum absolute atomic E-state index is 11.2. The Labute approximate surface area is 123 Å². The highest BCUT2D eigenvalue weighted by Crippen LogP contribution is 2.33. The van der Waals surface area contributed by atoms with Gasteiger partial charge < -0.3 is 10.1 Å². The Balaban J connectivity index is 2.31. The minimum atomic E-state index is -0.813. The molecule has 0 aliphatic heterocycles. The number of nitrogens with one attached hydrogen (secondary N) is 1. The van der Waals surface area contributed by atoms with Crippen LogP contribution in [0.25, 0.3) is 22.2 Å². The monoisotopic (exact) mass is 279 g/mol. The molecule has 1 aromatic heterocycles. The molecule has 0 fully saturated rings. The van der Waals surface area contributed by atoms with E-state index in [0.717, 1.165) is 38.9 Å². The Hall–Kier alpha value is -2.55. The number of rotatable bonds is 3. The van der Waals surface area contributed by atoms with Crippen molar-refractivity contribution in [2.24, 2.45) is 0 Å². The normalized spacial score (nSPS) is 11.0. The minimum Gasteiger partial charge on any atom is -0.481 e. The third kappa shape index (κ3) is 2.42. The lowest BCUT2D eigenvalue weighted by Gasteiger charge is -2.06. The van der Waals surface area contributed by atoms with E-state index in [1.807, 2.05) is 56.3 Å². The molecule has 0 saturated carbocycles. The molecule has 0 aliphatic rings. The molecule has 0 spiro atoms. The van der Waals surface area contributed by atoms with Gasteiger partial charge in [-0.05, 0) is 37.1 Å². The topological polar surface area (TPSA) is 53.1 Å². The van der Waals surface area contributed by atoms with E-state index >= 15 is 0 Å². The van der Waals surface area contributed by atoms with Gasteiger partial charge in [-0.1, -0.05) is 35.9 Å². The zero-order valence-electron chi connectivity index (χ0n) is 12.1. The van der Waals surface area contributed by atoms with Gasteiger partial charge in [-0.3, -0.25) is 4.79 Å². The van der Waals surface area contributed by atoms with Crippen LogP contribution in [-0.4, -0.2) is 16.1 Å². The molecule has 0 atom stereocenters. The first-order chi connectivity index (χ1) is 10.1. The van der Waals surface area contributed by atoms with Gasteiger partial charge in [0.05, 0.1) is 12.1 Å². The molecule has 0 bridgehead atoms. The van der Waals surface area contributed by atoms with Crippen LogP contribution in [0.2, 0.25) is 0 Å². The van der Waals surface area contributed by atoms with Gasteiger partial charge in [-0.2, -0.15) is 0 Å². The largest absolute Gasteiger partial charge is 0.481 e. The summed E-state index contributed by atoms with van der Waals surface area (Å²) in [6, 6.07) is 14.1. The smallest absolute Gasteiger partial charge is 0.307 e. The number of aromatic amines is 1. The second-order valence-corrected chi connectivity index (χ2v) is 5.41. The molecule has 2 N–H and O–H groups in total. The lowest BCUT2D eigenvalue weighted by molar-refractivity contribution is -0.136. The van der Waals surface area contributed by atoms with Crippen LogP contribution in [-0.2, 0) is 11.2 Å². The molecule has 2 aromatic carbocycles. The molecular weight excluding hydrogens is 262 g/mol. The van der Waals surface area contributed by atoms with Crippen molar-refractivity contribution in [3.63, 3.8) is 0 Å². The van der Waals surface area contributed by atoms with Crippen LogP contribution in [0, 0.1) is 13.8 Å². The maximum Gasteiger partial charge on any atom is 0.307 e. The predicted molar refractivity (Wildman–Crippen MR) is 84.5 cm³/mol. The number of carbonyl (C=O) groups is 1. The lowest BCUT2D eigenvalue weighted by Crippen LogP contribution is -2.01. The minimum absolute atomic E-state index is 0.0210. The average molecular weight is 279 g/mol. The highest BCUT2D eigenvalue weighted by Gasteiger charge is 2.16. The molecule has 3 nitrogen and oxygen atoms in total. The summed E-state index contributed by atoms with van der Waals surface area (Å²) in [6.07, 6.45) is 0.0210. The third-order valence-corrected chi connectivity index (χ3v) is 3.80. The number of hydrogen-bond donors (Lipinski definition) is 2. The maximum atomic E-state index is 11.2. The molecule has 3 rings (SSSR count). The van der Waals surface area contributed by atoms with Crippen molar-refractivity contribution in [3.05, 3.63) is 59.2 Å². The van der Waals surface area contributed by atoms with E-state index in [0.29, 0.717) is 0 Å². The zero-order chi connectivity index (χ0) is 15.0. The van der Waals surface area contributed by atoms with Crippen LogP contribution in [0.5, 0.6) is 0 Å². The number of H-pyrrole nitrogens is 1. The van der Waals surface area contributed by atoms with Crippen molar-refractivity contribution in [1.82, 2.24) is 4.98 Å². The first kappa shape index (κ1) is 13.4. The fourth-order valence-electron chi connectivity index (χ4n) is 2.78. The first-order valence-electron chi connectivity index (χ1n) is 6.95. The second kappa shape index (κ2) is 5.09. The van der Waals surface area contributed by atoms with E-state index in [2.05, 4.69) is 4.98 Å². The van der Waals surface area contributed by atoms with Crippen LogP contribution in [0.3, 0.4) is 0 Å². The molecule has 3 heteroatoms. The highest BCUT2D eigenvalue weighted by atomic mass is 16.4. The van der Waals surface area contributed by atoms with Crippen molar-refractivity contribution in [2.75, 3.05) is 0 Å². The molecule has 0 amide bonds. The molecule has 0 saturated heterocycles. The van der Waals surface area contributed by atoms with E-state index in [-0.39, 0.29) is 6.42 Å². The highest BCUT2D eigenvalue weighted by molar-refractivity contribution is 5.94. The molecule has 0 radical (unpaired) electrons. The van der Waals surface area contributed by atoms with E-state index in [9.17, 15) is 9.90 Å². The van der Waals surface area contributed by atoms with Crippen LogP contribution in [0.15, 0.2) is 42.5 Å². The Morgan fingerprint density at radius 1 is 1.14 bits per heavy atom. The molecule has 0 unspecified atom stereocenters. The number of fused-ring (bicyclic) bond motifs is 1. The lowest BCUT2D eigenvalue weighted by atomic mass is 9.99. The Bertz CT molecular complexity index is 830. The number of benzene rings is 2. The van der Waals surface area contributed by atoms with Gasteiger partial charge in [0.1, 0.15) is 0 Å². The van der Waals surface area contributed by atoms with Gasteiger partial charge in [0.25, 0.3) is 0 Å². The predicted octanol–water partition coefficient (Wildman–Crippen LogP) is 4.08. The first-order valence-corrected chi connectivity index (χ1v) is 6.95. The number of aromatic nitrogens is 1. The molecule has 1 heterocycles. The summed E-state index contributed by atoms with van der Waals surface area (Å²) < 4.78 is 0. The quantitative estimate of drug-likeness (QED) is 0.759. The Morgan fingerprint density at radius 3 is 2.62 bits per heavy atom.